The molecular weight excluding hydrogens is 284 g/mol. The van der Waals surface area contributed by atoms with Gasteiger partial charge in [0.15, 0.2) is 0 Å². The van der Waals surface area contributed by atoms with E-state index in [9.17, 15) is 9.59 Å². The minimum Gasteiger partial charge on any atom is -0.290 e. The Kier molecular flexibility index (Phi) is 3.34. The summed E-state index contributed by atoms with van der Waals surface area (Å²) in [6.45, 7) is 2.00. The molecular formula is C21H26O2. The molecule has 4 rings (SSSR count). The lowest BCUT2D eigenvalue weighted by Crippen LogP contribution is -2.51. The van der Waals surface area contributed by atoms with Gasteiger partial charge in [0.05, 0.1) is 5.41 Å². The third-order valence-electron chi connectivity index (χ3n) is 7.74. The van der Waals surface area contributed by atoms with Crippen molar-refractivity contribution in [3.8, 4) is 12.3 Å². The number of allylic oxidation sites excluding steroid dienone is 2. The largest absolute Gasteiger partial charge is 0.290 e. The van der Waals surface area contributed by atoms with Crippen LogP contribution in [0.5, 0.6) is 0 Å². The van der Waals surface area contributed by atoms with Crippen molar-refractivity contribution in [3.63, 3.8) is 0 Å². The van der Waals surface area contributed by atoms with Gasteiger partial charge < -0.3 is 0 Å². The average Bonchev–Trinajstić information content (AvgIpc) is 2.78. The molecule has 0 heterocycles. The first kappa shape index (κ1) is 15.2. The van der Waals surface area contributed by atoms with Crippen molar-refractivity contribution in [2.24, 2.45) is 28.6 Å². The summed E-state index contributed by atoms with van der Waals surface area (Å²) in [6, 6.07) is 0. The van der Waals surface area contributed by atoms with Crippen molar-refractivity contribution in [2.45, 2.75) is 64.7 Å². The van der Waals surface area contributed by atoms with E-state index in [0.717, 1.165) is 37.2 Å². The maximum Gasteiger partial charge on any atom is 0.222 e. The van der Waals surface area contributed by atoms with Crippen molar-refractivity contribution in [1.82, 2.24) is 0 Å². The first-order valence-electron chi connectivity index (χ1n) is 9.27. The number of fused-ring (bicyclic) bond motifs is 5. The second-order valence-corrected chi connectivity index (χ2v) is 8.51. The van der Waals surface area contributed by atoms with Gasteiger partial charge in [-0.3, -0.25) is 9.59 Å². The van der Waals surface area contributed by atoms with Crippen molar-refractivity contribution >= 4 is 11.6 Å². The van der Waals surface area contributed by atoms with Gasteiger partial charge in [0.2, 0.25) is 11.6 Å². The van der Waals surface area contributed by atoms with Gasteiger partial charge in [-0.25, -0.2) is 0 Å². The van der Waals surface area contributed by atoms with Gasteiger partial charge in [-0.2, -0.15) is 0 Å². The number of terminal acetylenes is 1. The standard InChI is InChI=1S/C21H26O2/c1-3-10-21-11-5-4-6-14(21)7-8-15-16(21)9-12-20(2)17(15)13-18(22)19(20)23/h1,13-16H,4-12H2,2H3/t14?,15-,16+,20+,21+/m1/s1. The quantitative estimate of drug-likeness (QED) is 0.540. The van der Waals surface area contributed by atoms with Gasteiger partial charge in [0, 0.05) is 6.42 Å². The van der Waals surface area contributed by atoms with Crippen LogP contribution in [0.15, 0.2) is 11.6 Å². The summed E-state index contributed by atoms with van der Waals surface area (Å²) >= 11 is 0. The van der Waals surface area contributed by atoms with Crippen LogP contribution in [0.4, 0.5) is 0 Å². The van der Waals surface area contributed by atoms with E-state index in [4.69, 9.17) is 6.42 Å². The number of carbonyl (C=O) groups excluding carboxylic acids is 2. The van der Waals surface area contributed by atoms with Crippen LogP contribution in [0.3, 0.4) is 0 Å². The lowest BCUT2D eigenvalue weighted by molar-refractivity contribution is -0.139. The second kappa shape index (κ2) is 5.07. The third-order valence-corrected chi connectivity index (χ3v) is 7.74. The molecule has 0 N–H and O–H groups in total. The summed E-state index contributed by atoms with van der Waals surface area (Å²) in [7, 11) is 0. The van der Waals surface area contributed by atoms with Crippen LogP contribution in [0.1, 0.15) is 64.7 Å². The number of hydrogen-bond acceptors (Lipinski definition) is 2. The Balaban J connectivity index is 1.75. The Morgan fingerprint density at radius 1 is 1.17 bits per heavy atom. The van der Waals surface area contributed by atoms with E-state index in [0.29, 0.717) is 11.8 Å². The zero-order chi connectivity index (χ0) is 16.2. The molecule has 0 spiro atoms. The Labute approximate surface area is 139 Å². The third kappa shape index (κ3) is 1.89. The van der Waals surface area contributed by atoms with Crippen LogP contribution in [0.25, 0.3) is 0 Å². The smallest absolute Gasteiger partial charge is 0.222 e. The average molecular weight is 310 g/mol. The number of Topliss-reactive ketones (excluding diaryl/α,β-unsaturated/α-hetero) is 1. The number of ketones is 2. The first-order valence-corrected chi connectivity index (χ1v) is 9.27. The molecule has 0 saturated heterocycles. The van der Waals surface area contributed by atoms with Crippen LogP contribution in [-0.4, -0.2) is 11.6 Å². The van der Waals surface area contributed by atoms with E-state index in [1.807, 2.05) is 6.92 Å². The molecule has 0 aromatic carbocycles. The molecule has 4 aliphatic rings. The van der Waals surface area contributed by atoms with E-state index >= 15 is 0 Å². The molecule has 5 atom stereocenters. The van der Waals surface area contributed by atoms with Gasteiger partial charge >= 0.3 is 0 Å². The molecule has 3 saturated carbocycles. The van der Waals surface area contributed by atoms with Crippen molar-refractivity contribution < 1.29 is 9.59 Å². The minimum atomic E-state index is -0.503. The molecule has 4 aliphatic carbocycles. The minimum absolute atomic E-state index is 0.164. The fourth-order valence-electron chi connectivity index (χ4n) is 6.64. The Morgan fingerprint density at radius 3 is 2.78 bits per heavy atom. The zero-order valence-corrected chi connectivity index (χ0v) is 14.1. The second-order valence-electron chi connectivity index (χ2n) is 8.51. The maximum absolute atomic E-state index is 12.4. The topological polar surface area (TPSA) is 34.1 Å². The molecule has 122 valence electrons. The molecule has 2 nitrogen and oxygen atoms in total. The number of carbonyl (C=O) groups is 2. The van der Waals surface area contributed by atoms with Gasteiger partial charge in [0.1, 0.15) is 0 Å². The van der Waals surface area contributed by atoms with E-state index in [1.165, 1.54) is 32.1 Å². The summed E-state index contributed by atoms with van der Waals surface area (Å²) in [5.41, 5.74) is 0.924. The lowest BCUT2D eigenvalue weighted by atomic mass is 9.45. The highest BCUT2D eigenvalue weighted by molar-refractivity contribution is 6.46. The van der Waals surface area contributed by atoms with Crippen molar-refractivity contribution in [1.29, 1.82) is 0 Å². The van der Waals surface area contributed by atoms with Crippen LogP contribution in [0, 0.1) is 40.9 Å². The molecule has 0 aliphatic heterocycles. The maximum atomic E-state index is 12.4. The SMILES string of the molecule is C#CC[C@]12CCCCC1CC[C@H]1C3=CC(=O)C(=O)[C@@]3(C)CC[C@@H]12. The first-order chi connectivity index (χ1) is 11.0. The molecule has 0 bridgehead atoms. The summed E-state index contributed by atoms with van der Waals surface area (Å²) in [5.74, 6) is 4.31. The molecule has 0 aromatic rings. The molecule has 0 radical (unpaired) electrons. The van der Waals surface area contributed by atoms with Gasteiger partial charge in [0.25, 0.3) is 0 Å². The molecule has 2 heteroatoms. The highest BCUT2D eigenvalue weighted by Gasteiger charge is 2.59. The zero-order valence-electron chi connectivity index (χ0n) is 14.1. The van der Waals surface area contributed by atoms with E-state index < -0.39 is 5.41 Å². The normalized spacial score (nSPS) is 45.6. The van der Waals surface area contributed by atoms with E-state index in [1.54, 1.807) is 6.08 Å². The van der Waals surface area contributed by atoms with E-state index in [-0.39, 0.29) is 17.0 Å². The predicted molar refractivity (Wildman–Crippen MR) is 89.5 cm³/mol. The monoisotopic (exact) mass is 310 g/mol. The lowest BCUT2D eigenvalue weighted by Gasteiger charge is -2.59. The fourth-order valence-corrected chi connectivity index (χ4v) is 6.64. The predicted octanol–water partition coefficient (Wildman–Crippen LogP) is 4.09. The van der Waals surface area contributed by atoms with Crippen LogP contribution >= 0.6 is 0 Å². The van der Waals surface area contributed by atoms with Crippen LogP contribution in [-0.2, 0) is 9.59 Å². The Hall–Kier alpha value is -1.36. The summed E-state index contributed by atoms with van der Waals surface area (Å²) in [5, 5.41) is 0. The van der Waals surface area contributed by atoms with Gasteiger partial charge in [-0.15, -0.1) is 12.3 Å². The highest BCUT2D eigenvalue weighted by Crippen LogP contribution is 2.65. The van der Waals surface area contributed by atoms with Crippen LogP contribution < -0.4 is 0 Å². The van der Waals surface area contributed by atoms with Crippen molar-refractivity contribution in [2.75, 3.05) is 0 Å². The highest BCUT2D eigenvalue weighted by atomic mass is 16.2. The number of hydrogen-bond donors (Lipinski definition) is 0. The van der Waals surface area contributed by atoms with Gasteiger partial charge in [-0.1, -0.05) is 12.8 Å². The Morgan fingerprint density at radius 2 is 2.00 bits per heavy atom. The molecule has 0 amide bonds. The van der Waals surface area contributed by atoms with E-state index in [2.05, 4.69) is 5.92 Å². The summed E-state index contributed by atoms with van der Waals surface area (Å²) in [6.07, 6.45) is 17.8. The Bertz CT molecular complexity index is 637. The molecule has 1 unspecified atom stereocenters. The summed E-state index contributed by atoms with van der Waals surface area (Å²) in [4.78, 5) is 24.4. The van der Waals surface area contributed by atoms with Gasteiger partial charge in [-0.05, 0) is 80.3 Å². The molecule has 23 heavy (non-hydrogen) atoms. The van der Waals surface area contributed by atoms with Crippen LogP contribution in [0.2, 0.25) is 0 Å². The molecule has 0 aromatic heterocycles. The molecule has 3 fully saturated rings. The van der Waals surface area contributed by atoms with Crippen molar-refractivity contribution in [3.05, 3.63) is 11.6 Å². The summed E-state index contributed by atoms with van der Waals surface area (Å²) < 4.78 is 0. The number of rotatable bonds is 1. The fraction of sp³-hybridized carbons (Fsp3) is 0.714.